The molecular formula is C24H32N6O3S. The van der Waals surface area contributed by atoms with Crippen LogP contribution in [0.15, 0.2) is 23.6 Å². The molecule has 34 heavy (non-hydrogen) atoms. The minimum atomic E-state index is -0.224. The number of piperazine rings is 2. The number of aromatic nitrogens is 1. The van der Waals surface area contributed by atoms with Crippen LogP contribution in [-0.4, -0.2) is 89.9 Å². The maximum Gasteiger partial charge on any atom is 0.323 e. The van der Waals surface area contributed by atoms with Crippen LogP contribution in [0.5, 0.6) is 0 Å². The summed E-state index contributed by atoms with van der Waals surface area (Å²) in [7, 11) is 0. The standard InChI is InChI=1S/C24H32N6O3S/c1-17-4-5-18(2)21(14-17)28-8-10-29(11-9-28)22(32)15-20-16-34-23(25-20)26-24(33)30-12-6-27(7-13-30)19(3)31/h4-5,14,16H,6-13,15H2,1-3H3,(H,25,26,33). The van der Waals surface area contributed by atoms with Gasteiger partial charge in [0.05, 0.1) is 12.1 Å². The van der Waals surface area contributed by atoms with Crippen LogP contribution in [0.1, 0.15) is 23.7 Å². The molecule has 4 amide bonds. The number of urea groups is 1. The Morgan fingerprint density at radius 3 is 2.26 bits per heavy atom. The lowest BCUT2D eigenvalue weighted by Gasteiger charge is -2.37. The number of amides is 4. The van der Waals surface area contributed by atoms with E-state index in [0.717, 1.165) is 13.1 Å². The smallest absolute Gasteiger partial charge is 0.323 e. The Hall–Kier alpha value is -3.14. The fraction of sp³-hybridized carbons (Fsp3) is 0.500. The average Bonchev–Trinajstić information content (AvgIpc) is 3.27. The second-order valence-electron chi connectivity index (χ2n) is 8.90. The molecule has 0 radical (unpaired) electrons. The number of rotatable bonds is 4. The number of aryl methyl sites for hydroxylation is 2. The summed E-state index contributed by atoms with van der Waals surface area (Å²) in [6, 6.07) is 6.25. The quantitative estimate of drug-likeness (QED) is 0.720. The maximum absolute atomic E-state index is 12.8. The molecule has 3 heterocycles. The lowest BCUT2D eigenvalue weighted by molar-refractivity contribution is -0.131. The normalized spacial score (nSPS) is 16.6. The zero-order valence-corrected chi connectivity index (χ0v) is 20.9. The second kappa shape index (κ2) is 10.4. The van der Waals surface area contributed by atoms with Crippen LogP contribution in [0.3, 0.4) is 0 Å². The first-order valence-corrected chi connectivity index (χ1v) is 12.5. The van der Waals surface area contributed by atoms with E-state index in [2.05, 4.69) is 47.2 Å². The molecular weight excluding hydrogens is 452 g/mol. The van der Waals surface area contributed by atoms with Crippen LogP contribution in [0.25, 0.3) is 0 Å². The molecule has 0 unspecified atom stereocenters. The Labute approximate surface area is 204 Å². The van der Waals surface area contributed by atoms with Crippen LogP contribution >= 0.6 is 11.3 Å². The molecule has 1 N–H and O–H groups in total. The molecule has 1 aromatic heterocycles. The van der Waals surface area contributed by atoms with Crippen molar-refractivity contribution in [2.24, 2.45) is 0 Å². The molecule has 0 atom stereocenters. The van der Waals surface area contributed by atoms with Gasteiger partial charge < -0.3 is 19.6 Å². The third kappa shape index (κ3) is 5.67. The highest BCUT2D eigenvalue weighted by molar-refractivity contribution is 7.13. The van der Waals surface area contributed by atoms with Crippen molar-refractivity contribution in [3.63, 3.8) is 0 Å². The van der Waals surface area contributed by atoms with Crippen LogP contribution in [-0.2, 0) is 16.0 Å². The minimum Gasteiger partial charge on any atom is -0.368 e. The van der Waals surface area contributed by atoms with Gasteiger partial charge in [0, 0.05) is 70.3 Å². The lowest BCUT2D eigenvalue weighted by Crippen LogP contribution is -2.51. The van der Waals surface area contributed by atoms with E-state index in [1.54, 1.807) is 16.7 Å². The molecule has 10 heteroatoms. The molecule has 2 saturated heterocycles. The van der Waals surface area contributed by atoms with E-state index in [4.69, 9.17) is 0 Å². The molecule has 4 rings (SSSR count). The van der Waals surface area contributed by atoms with Crippen molar-refractivity contribution in [1.82, 2.24) is 19.7 Å². The topological polar surface area (TPSA) is 89.1 Å². The summed E-state index contributed by atoms with van der Waals surface area (Å²) in [5.74, 6) is 0.0881. The van der Waals surface area contributed by atoms with E-state index >= 15 is 0 Å². The van der Waals surface area contributed by atoms with Gasteiger partial charge >= 0.3 is 6.03 Å². The summed E-state index contributed by atoms with van der Waals surface area (Å²) < 4.78 is 0. The number of carbonyl (C=O) groups is 3. The molecule has 2 aromatic rings. The molecule has 182 valence electrons. The van der Waals surface area contributed by atoms with Gasteiger partial charge in [0.1, 0.15) is 0 Å². The second-order valence-corrected chi connectivity index (χ2v) is 9.76. The Morgan fingerprint density at radius 1 is 0.941 bits per heavy atom. The fourth-order valence-corrected chi connectivity index (χ4v) is 5.06. The van der Waals surface area contributed by atoms with Gasteiger partial charge in [-0.2, -0.15) is 0 Å². The predicted molar refractivity (Wildman–Crippen MR) is 133 cm³/mol. The third-order valence-corrected chi connectivity index (χ3v) is 7.25. The van der Waals surface area contributed by atoms with Gasteiger partial charge in [0.25, 0.3) is 0 Å². The van der Waals surface area contributed by atoms with Gasteiger partial charge in [0.2, 0.25) is 11.8 Å². The summed E-state index contributed by atoms with van der Waals surface area (Å²) >= 11 is 1.32. The van der Waals surface area contributed by atoms with Gasteiger partial charge in [0.15, 0.2) is 5.13 Å². The highest BCUT2D eigenvalue weighted by Gasteiger charge is 2.25. The van der Waals surface area contributed by atoms with Crippen LogP contribution in [0.4, 0.5) is 15.6 Å². The van der Waals surface area contributed by atoms with Crippen molar-refractivity contribution in [3.8, 4) is 0 Å². The number of thiazole rings is 1. The van der Waals surface area contributed by atoms with Crippen molar-refractivity contribution in [2.75, 3.05) is 62.6 Å². The molecule has 0 aliphatic carbocycles. The summed E-state index contributed by atoms with van der Waals surface area (Å²) in [4.78, 5) is 48.9. The van der Waals surface area contributed by atoms with Crippen LogP contribution in [0.2, 0.25) is 0 Å². The summed E-state index contributed by atoms with van der Waals surface area (Å²) in [5, 5.41) is 5.14. The zero-order valence-electron chi connectivity index (χ0n) is 20.0. The van der Waals surface area contributed by atoms with Gasteiger partial charge in [-0.05, 0) is 31.0 Å². The van der Waals surface area contributed by atoms with E-state index in [9.17, 15) is 14.4 Å². The molecule has 0 bridgehead atoms. The number of hydrogen-bond acceptors (Lipinski definition) is 6. The molecule has 2 aliphatic rings. The van der Waals surface area contributed by atoms with Crippen molar-refractivity contribution in [3.05, 3.63) is 40.4 Å². The van der Waals surface area contributed by atoms with Crippen molar-refractivity contribution in [2.45, 2.75) is 27.2 Å². The Morgan fingerprint density at radius 2 is 1.59 bits per heavy atom. The van der Waals surface area contributed by atoms with Crippen LogP contribution in [0, 0.1) is 13.8 Å². The van der Waals surface area contributed by atoms with E-state index in [1.165, 1.54) is 28.2 Å². The summed E-state index contributed by atoms with van der Waals surface area (Å²) in [6.45, 7) is 10.8. The first-order valence-electron chi connectivity index (χ1n) is 11.7. The number of hydrogen-bond donors (Lipinski definition) is 1. The SMILES string of the molecule is CC(=O)N1CCN(C(=O)Nc2nc(CC(=O)N3CCN(c4cc(C)ccc4C)CC3)cs2)CC1. The zero-order chi connectivity index (χ0) is 24.2. The predicted octanol–water partition coefficient (Wildman–Crippen LogP) is 2.35. The molecule has 0 saturated carbocycles. The highest BCUT2D eigenvalue weighted by Crippen LogP contribution is 2.23. The van der Waals surface area contributed by atoms with Gasteiger partial charge in [-0.15, -0.1) is 11.3 Å². The van der Waals surface area contributed by atoms with Crippen molar-refractivity contribution < 1.29 is 14.4 Å². The molecule has 0 spiro atoms. The van der Waals surface area contributed by atoms with Gasteiger partial charge in [-0.25, -0.2) is 9.78 Å². The molecule has 2 fully saturated rings. The number of benzene rings is 1. The molecule has 9 nitrogen and oxygen atoms in total. The van der Waals surface area contributed by atoms with E-state index < -0.39 is 0 Å². The minimum absolute atomic E-state index is 0.0287. The maximum atomic E-state index is 12.8. The average molecular weight is 485 g/mol. The Balaban J connectivity index is 1.25. The number of carbonyl (C=O) groups excluding carboxylic acids is 3. The van der Waals surface area contributed by atoms with Crippen molar-refractivity contribution in [1.29, 1.82) is 0 Å². The number of nitrogens with one attached hydrogen (secondary N) is 1. The van der Waals surface area contributed by atoms with E-state index in [1.807, 2.05) is 10.3 Å². The highest BCUT2D eigenvalue weighted by atomic mass is 32.1. The third-order valence-electron chi connectivity index (χ3n) is 6.45. The van der Waals surface area contributed by atoms with Gasteiger partial charge in [-0.3, -0.25) is 14.9 Å². The Bertz CT molecular complexity index is 1050. The molecule has 2 aliphatic heterocycles. The lowest BCUT2D eigenvalue weighted by atomic mass is 10.1. The monoisotopic (exact) mass is 484 g/mol. The van der Waals surface area contributed by atoms with Crippen LogP contribution < -0.4 is 10.2 Å². The first-order chi connectivity index (χ1) is 16.3. The van der Waals surface area contributed by atoms with E-state index in [0.29, 0.717) is 50.1 Å². The number of anilines is 2. The van der Waals surface area contributed by atoms with E-state index in [-0.39, 0.29) is 24.3 Å². The largest absolute Gasteiger partial charge is 0.368 e. The fourth-order valence-electron chi connectivity index (χ4n) is 4.36. The Kier molecular flexibility index (Phi) is 7.35. The van der Waals surface area contributed by atoms with Crippen molar-refractivity contribution >= 4 is 40.0 Å². The van der Waals surface area contributed by atoms with Gasteiger partial charge in [-0.1, -0.05) is 12.1 Å². The molecule has 1 aromatic carbocycles. The first kappa shape index (κ1) is 24.0. The summed E-state index contributed by atoms with van der Waals surface area (Å²) in [6.07, 6.45) is 0.229. The summed E-state index contributed by atoms with van der Waals surface area (Å²) in [5.41, 5.74) is 4.41. The number of nitrogens with zero attached hydrogens (tertiary/aromatic N) is 5.